The number of rotatable bonds is 4. The van der Waals surface area contributed by atoms with Gasteiger partial charge < -0.3 is 10.1 Å². The van der Waals surface area contributed by atoms with Crippen LogP contribution in [0.3, 0.4) is 0 Å². The van der Waals surface area contributed by atoms with Gasteiger partial charge in [-0.1, -0.05) is 0 Å². The van der Waals surface area contributed by atoms with Gasteiger partial charge in [-0.15, -0.1) is 11.6 Å². The predicted molar refractivity (Wildman–Crippen MR) is 64.8 cm³/mol. The maximum atomic E-state index is 11.4. The van der Waals surface area contributed by atoms with Crippen LogP contribution < -0.4 is 5.32 Å². The minimum atomic E-state index is -0.472. The highest BCUT2D eigenvalue weighted by Gasteiger charge is 2.28. The Morgan fingerprint density at radius 1 is 1.50 bits per heavy atom. The molecule has 0 aliphatic carbocycles. The molecule has 1 saturated heterocycles. The lowest BCUT2D eigenvalue weighted by molar-refractivity contribution is -0.121. The van der Waals surface area contributed by atoms with E-state index in [2.05, 4.69) is 24.1 Å². The summed E-state index contributed by atoms with van der Waals surface area (Å²) in [5, 5.41) is 2.39. The Bertz CT molecular complexity index is 238. The summed E-state index contributed by atoms with van der Waals surface area (Å²) in [7, 11) is 0. The van der Waals surface area contributed by atoms with E-state index in [1.54, 1.807) is 6.92 Å². The molecule has 5 heteroatoms. The molecule has 0 aromatic carbocycles. The summed E-state index contributed by atoms with van der Waals surface area (Å²) in [5.41, 5.74) is -0.0504. The van der Waals surface area contributed by atoms with Gasteiger partial charge in [-0.05, 0) is 20.8 Å². The molecule has 0 bridgehead atoms. The number of hydrogen-bond donors (Lipinski definition) is 1. The first-order valence-electron chi connectivity index (χ1n) is 5.68. The normalized spacial score (nSPS) is 20.5. The summed E-state index contributed by atoms with van der Waals surface area (Å²) in [6.07, 6.45) is 0. The van der Waals surface area contributed by atoms with Gasteiger partial charge in [-0.2, -0.15) is 0 Å². The van der Waals surface area contributed by atoms with Gasteiger partial charge in [0, 0.05) is 25.2 Å². The van der Waals surface area contributed by atoms with Gasteiger partial charge in [0.1, 0.15) is 5.38 Å². The fraction of sp³-hybridized carbons (Fsp3) is 0.909. The monoisotopic (exact) mass is 248 g/mol. The van der Waals surface area contributed by atoms with Crippen LogP contribution in [-0.2, 0) is 9.53 Å². The maximum Gasteiger partial charge on any atom is 0.237 e. The number of alkyl halides is 1. The Morgan fingerprint density at radius 2 is 2.06 bits per heavy atom. The summed E-state index contributed by atoms with van der Waals surface area (Å²) in [6, 6.07) is 0. The SMILES string of the molecule is CC(Cl)C(=O)NCC(C)(C)N1CCOCC1. The van der Waals surface area contributed by atoms with Crippen LogP contribution in [0.2, 0.25) is 0 Å². The maximum absolute atomic E-state index is 11.4. The van der Waals surface area contributed by atoms with Crippen molar-refractivity contribution in [1.29, 1.82) is 0 Å². The van der Waals surface area contributed by atoms with Gasteiger partial charge in [0.25, 0.3) is 0 Å². The standard InChI is InChI=1S/C11H21ClN2O2/c1-9(12)10(15)13-8-11(2,3)14-4-6-16-7-5-14/h9H,4-8H2,1-3H3,(H,13,15). The molecule has 1 heterocycles. The zero-order chi connectivity index (χ0) is 12.2. The first-order valence-corrected chi connectivity index (χ1v) is 6.12. The number of carbonyl (C=O) groups is 1. The van der Waals surface area contributed by atoms with Crippen molar-refractivity contribution in [1.82, 2.24) is 10.2 Å². The van der Waals surface area contributed by atoms with Gasteiger partial charge >= 0.3 is 0 Å². The van der Waals surface area contributed by atoms with Crippen molar-refractivity contribution >= 4 is 17.5 Å². The van der Waals surface area contributed by atoms with E-state index >= 15 is 0 Å². The third kappa shape index (κ3) is 3.92. The molecule has 1 N–H and O–H groups in total. The van der Waals surface area contributed by atoms with Crippen molar-refractivity contribution in [2.24, 2.45) is 0 Å². The minimum absolute atomic E-state index is 0.0504. The van der Waals surface area contributed by atoms with Crippen molar-refractivity contribution in [3.05, 3.63) is 0 Å². The zero-order valence-electron chi connectivity index (χ0n) is 10.3. The molecule has 0 spiro atoms. The third-order valence-electron chi connectivity index (χ3n) is 2.92. The smallest absolute Gasteiger partial charge is 0.237 e. The molecule has 1 aliphatic rings. The van der Waals surface area contributed by atoms with Crippen LogP contribution in [0, 0.1) is 0 Å². The zero-order valence-corrected chi connectivity index (χ0v) is 11.0. The lowest BCUT2D eigenvalue weighted by Crippen LogP contribution is -2.55. The molecule has 4 nitrogen and oxygen atoms in total. The van der Waals surface area contributed by atoms with E-state index in [1.807, 2.05) is 0 Å². The molecule has 1 atom stereocenters. The Morgan fingerprint density at radius 3 is 2.56 bits per heavy atom. The molecule has 0 saturated carbocycles. The lowest BCUT2D eigenvalue weighted by atomic mass is 10.0. The Kier molecular flexibility index (Phi) is 5.02. The molecule has 1 rings (SSSR count). The quantitative estimate of drug-likeness (QED) is 0.750. The Balaban J connectivity index is 2.40. The van der Waals surface area contributed by atoms with Crippen LogP contribution in [0.4, 0.5) is 0 Å². The second-order valence-corrected chi connectivity index (χ2v) is 5.40. The van der Waals surface area contributed by atoms with Gasteiger partial charge in [0.2, 0.25) is 5.91 Å². The summed E-state index contributed by atoms with van der Waals surface area (Å²) < 4.78 is 5.31. The van der Waals surface area contributed by atoms with E-state index in [0.717, 1.165) is 26.3 Å². The van der Waals surface area contributed by atoms with E-state index in [-0.39, 0.29) is 11.4 Å². The number of nitrogens with zero attached hydrogens (tertiary/aromatic N) is 1. The third-order valence-corrected chi connectivity index (χ3v) is 3.12. The second kappa shape index (κ2) is 5.84. The molecule has 1 aliphatic heterocycles. The summed E-state index contributed by atoms with van der Waals surface area (Å²) in [6.45, 7) is 9.90. The van der Waals surface area contributed by atoms with E-state index in [0.29, 0.717) is 6.54 Å². The van der Waals surface area contributed by atoms with Crippen molar-refractivity contribution in [3.63, 3.8) is 0 Å². The molecule has 16 heavy (non-hydrogen) atoms. The molecule has 94 valence electrons. The summed E-state index contributed by atoms with van der Waals surface area (Å²) >= 11 is 5.70. The van der Waals surface area contributed by atoms with E-state index in [1.165, 1.54) is 0 Å². The van der Waals surface area contributed by atoms with Crippen LogP contribution in [0.25, 0.3) is 0 Å². The number of morpholine rings is 1. The van der Waals surface area contributed by atoms with Crippen LogP contribution in [0.1, 0.15) is 20.8 Å². The lowest BCUT2D eigenvalue weighted by Gasteiger charge is -2.40. The van der Waals surface area contributed by atoms with Crippen molar-refractivity contribution in [2.75, 3.05) is 32.8 Å². The fourth-order valence-corrected chi connectivity index (χ4v) is 1.80. The van der Waals surface area contributed by atoms with E-state index in [9.17, 15) is 4.79 Å². The number of halogens is 1. The highest BCUT2D eigenvalue weighted by molar-refractivity contribution is 6.30. The first kappa shape index (κ1) is 13.7. The molecule has 1 amide bonds. The van der Waals surface area contributed by atoms with E-state index < -0.39 is 5.38 Å². The molecule has 1 unspecified atom stereocenters. The van der Waals surface area contributed by atoms with Gasteiger partial charge in [0.05, 0.1) is 13.2 Å². The van der Waals surface area contributed by atoms with Crippen LogP contribution in [0.15, 0.2) is 0 Å². The topological polar surface area (TPSA) is 41.6 Å². The fourth-order valence-electron chi connectivity index (χ4n) is 1.72. The van der Waals surface area contributed by atoms with Gasteiger partial charge in [0.15, 0.2) is 0 Å². The number of nitrogens with one attached hydrogen (secondary N) is 1. The number of carbonyl (C=O) groups excluding carboxylic acids is 1. The highest BCUT2D eigenvalue weighted by atomic mass is 35.5. The molecule has 0 radical (unpaired) electrons. The second-order valence-electron chi connectivity index (χ2n) is 4.75. The Hall–Kier alpha value is -0.320. The molecule has 1 fully saturated rings. The van der Waals surface area contributed by atoms with Crippen molar-refractivity contribution < 1.29 is 9.53 Å². The molecule has 0 aromatic heterocycles. The number of hydrogen-bond acceptors (Lipinski definition) is 3. The summed E-state index contributed by atoms with van der Waals surface area (Å²) in [4.78, 5) is 13.7. The Labute approximate surface area is 102 Å². The predicted octanol–water partition coefficient (Wildman–Crippen LogP) is 0.841. The number of ether oxygens (including phenoxy) is 1. The average molecular weight is 249 g/mol. The van der Waals surface area contributed by atoms with E-state index in [4.69, 9.17) is 16.3 Å². The first-order chi connectivity index (χ1) is 7.43. The van der Waals surface area contributed by atoms with Gasteiger partial charge in [-0.25, -0.2) is 0 Å². The van der Waals surface area contributed by atoms with Crippen LogP contribution in [-0.4, -0.2) is 54.6 Å². The van der Waals surface area contributed by atoms with Crippen LogP contribution in [0.5, 0.6) is 0 Å². The largest absolute Gasteiger partial charge is 0.379 e. The van der Waals surface area contributed by atoms with Crippen molar-refractivity contribution in [3.8, 4) is 0 Å². The number of amides is 1. The molecular weight excluding hydrogens is 228 g/mol. The highest BCUT2D eigenvalue weighted by Crippen LogP contribution is 2.15. The van der Waals surface area contributed by atoms with Crippen molar-refractivity contribution in [2.45, 2.75) is 31.7 Å². The molecular formula is C11H21ClN2O2. The van der Waals surface area contributed by atoms with Gasteiger partial charge in [-0.3, -0.25) is 9.69 Å². The molecule has 0 aromatic rings. The van der Waals surface area contributed by atoms with Crippen LogP contribution >= 0.6 is 11.6 Å². The summed E-state index contributed by atoms with van der Waals surface area (Å²) in [5.74, 6) is -0.108. The average Bonchev–Trinajstić information content (AvgIpc) is 2.27. The minimum Gasteiger partial charge on any atom is -0.379 e.